The van der Waals surface area contributed by atoms with Crippen LogP contribution in [0.5, 0.6) is 0 Å². The van der Waals surface area contributed by atoms with Crippen LogP contribution in [0.4, 0.5) is 0 Å². The number of thiophene rings is 1. The van der Waals surface area contributed by atoms with Crippen molar-refractivity contribution >= 4 is 11.3 Å². The van der Waals surface area contributed by atoms with Crippen LogP contribution in [0.2, 0.25) is 0 Å². The van der Waals surface area contributed by atoms with Gasteiger partial charge in [0.25, 0.3) is 0 Å². The highest BCUT2D eigenvalue weighted by Gasteiger charge is 2.04. The van der Waals surface area contributed by atoms with Crippen LogP contribution < -0.4 is 5.73 Å². The average molecular weight is 221 g/mol. The van der Waals surface area contributed by atoms with E-state index in [1.165, 1.54) is 15.4 Å². The lowest BCUT2D eigenvalue weighted by Gasteiger charge is -2.01. The zero-order valence-corrected chi connectivity index (χ0v) is 9.84. The Morgan fingerprint density at radius 2 is 2.07 bits per heavy atom. The second-order valence-corrected chi connectivity index (χ2v) is 4.91. The summed E-state index contributed by atoms with van der Waals surface area (Å²) in [6.07, 6.45) is 0. The molecule has 2 rings (SSSR count). The Bertz CT molecular complexity index is 456. The van der Waals surface area contributed by atoms with E-state index in [9.17, 15) is 0 Å². The first-order chi connectivity index (χ1) is 7.19. The van der Waals surface area contributed by atoms with Crippen LogP contribution >= 0.6 is 11.3 Å². The highest BCUT2D eigenvalue weighted by Crippen LogP contribution is 2.17. The molecule has 2 aromatic rings. The van der Waals surface area contributed by atoms with Crippen molar-refractivity contribution in [2.24, 2.45) is 5.73 Å². The summed E-state index contributed by atoms with van der Waals surface area (Å²) in [6, 6.07) is 6.31. The Morgan fingerprint density at radius 3 is 2.60 bits per heavy atom. The van der Waals surface area contributed by atoms with Gasteiger partial charge in [-0.25, -0.2) is 0 Å². The number of hydrogen-bond donors (Lipinski definition) is 1. The number of rotatable bonds is 3. The van der Waals surface area contributed by atoms with Crippen LogP contribution in [0.1, 0.15) is 21.1 Å². The summed E-state index contributed by atoms with van der Waals surface area (Å²) in [5.74, 6) is 0. The van der Waals surface area contributed by atoms with Crippen LogP contribution in [0.25, 0.3) is 0 Å². The van der Waals surface area contributed by atoms with E-state index < -0.39 is 0 Å². The van der Waals surface area contributed by atoms with Crippen molar-refractivity contribution in [2.75, 3.05) is 0 Å². The summed E-state index contributed by atoms with van der Waals surface area (Å²) in [5, 5.41) is 4.43. The first-order valence-electron chi connectivity index (χ1n) is 4.98. The molecule has 2 N–H and O–H groups in total. The van der Waals surface area contributed by atoms with Crippen LogP contribution in [-0.4, -0.2) is 9.78 Å². The fourth-order valence-electron chi connectivity index (χ4n) is 1.60. The van der Waals surface area contributed by atoms with Crippen LogP contribution in [0, 0.1) is 13.8 Å². The first-order valence-corrected chi connectivity index (χ1v) is 5.79. The van der Waals surface area contributed by atoms with Gasteiger partial charge in [-0.2, -0.15) is 5.10 Å². The lowest BCUT2D eigenvalue weighted by Crippen LogP contribution is -2.02. The highest BCUT2D eigenvalue weighted by atomic mass is 32.1. The summed E-state index contributed by atoms with van der Waals surface area (Å²) >= 11 is 1.76. The van der Waals surface area contributed by atoms with Crippen LogP contribution in [0.15, 0.2) is 18.2 Å². The van der Waals surface area contributed by atoms with Gasteiger partial charge in [-0.05, 0) is 32.0 Å². The summed E-state index contributed by atoms with van der Waals surface area (Å²) in [7, 11) is 0. The number of nitrogens with two attached hydrogens (primary N) is 1. The number of nitrogens with zero attached hydrogens (tertiary/aromatic N) is 2. The topological polar surface area (TPSA) is 43.8 Å². The summed E-state index contributed by atoms with van der Waals surface area (Å²) in [6.45, 7) is 5.58. The molecule has 0 amide bonds. The molecular weight excluding hydrogens is 206 g/mol. The monoisotopic (exact) mass is 221 g/mol. The molecule has 0 aliphatic carbocycles. The Hall–Kier alpha value is -1.13. The zero-order chi connectivity index (χ0) is 10.8. The average Bonchev–Trinajstić information content (AvgIpc) is 2.75. The lowest BCUT2D eigenvalue weighted by molar-refractivity contribution is 0.666. The Morgan fingerprint density at radius 1 is 1.33 bits per heavy atom. The van der Waals surface area contributed by atoms with Crippen molar-refractivity contribution in [2.45, 2.75) is 26.9 Å². The molecule has 0 unspecified atom stereocenters. The molecular formula is C11H15N3S. The summed E-state index contributed by atoms with van der Waals surface area (Å²) < 4.78 is 2.03. The van der Waals surface area contributed by atoms with E-state index in [1.807, 2.05) is 11.6 Å². The van der Waals surface area contributed by atoms with Gasteiger partial charge in [-0.1, -0.05) is 0 Å². The van der Waals surface area contributed by atoms with Gasteiger partial charge >= 0.3 is 0 Å². The predicted molar refractivity (Wildman–Crippen MR) is 63.0 cm³/mol. The predicted octanol–water partition coefficient (Wildman–Crippen LogP) is 2.07. The fraction of sp³-hybridized carbons (Fsp3) is 0.364. The van der Waals surface area contributed by atoms with Gasteiger partial charge in [-0.15, -0.1) is 11.3 Å². The largest absolute Gasteiger partial charge is 0.326 e. The summed E-state index contributed by atoms with van der Waals surface area (Å²) in [4.78, 5) is 2.54. The molecule has 0 fully saturated rings. The normalized spacial score (nSPS) is 10.9. The van der Waals surface area contributed by atoms with Crippen molar-refractivity contribution in [1.29, 1.82) is 0 Å². The van der Waals surface area contributed by atoms with E-state index in [0.717, 1.165) is 12.2 Å². The van der Waals surface area contributed by atoms with Crippen molar-refractivity contribution < 1.29 is 0 Å². The zero-order valence-electron chi connectivity index (χ0n) is 9.03. The third-order valence-electron chi connectivity index (χ3n) is 2.33. The number of aromatic nitrogens is 2. The highest BCUT2D eigenvalue weighted by molar-refractivity contribution is 7.11. The van der Waals surface area contributed by atoms with E-state index in [2.05, 4.69) is 30.2 Å². The second kappa shape index (κ2) is 4.16. The lowest BCUT2D eigenvalue weighted by atomic mass is 10.4. The SMILES string of the molecule is Cc1cc(C)n(Cc2ccc(CN)s2)n1. The van der Waals surface area contributed by atoms with E-state index in [-0.39, 0.29) is 0 Å². The van der Waals surface area contributed by atoms with Crippen molar-refractivity contribution in [1.82, 2.24) is 9.78 Å². The molecule has 2 heterocycles. The smallest absolute Gasteiger partial charge is 0.0755 e. The molecule has 0 saturated carbocycles. The minimum atomic E-state index is 0.627. The molecule has 0 saturated heterocycles. The molecule has 3 nitrogen and oxygen atoms in total. The van der Waals surface area contributed by atoms with Crippen molar-refractivity contribution in [3.63, 3.8) is 0 Å². The molecule has 0 aliphatic heterocycles. The molecule has 0 atom stereocenters. The third-order valence-corrected chi connectivity index (χ3v) is 3.42. The minimum Gasteiger partial charge on any atom is -0.326 e. The molecule has 0 bridgehead atoms. The van der Waals surface area contributed by atoms with Gasteiger partial charge in [0.2, 0.25) is 0 Å². The van der Waals surface area contributed by atoms with E-state index in [0.29, 0.717) is 6.54 Å². The van der Waals surface area contributed by atoms with Gasteiger partial charge in [0.1, 0.15) is 0 Å². The van der Waals surface area contributed by atoms with Crippen molar-refractivity contribution in [3.05, 3.63) is 39.3 Å². The Labute approximate surface area is 93.5 Å². The Balaban J connectivity index is 2.17. The molecule has 15 heavy (non-hydrogen) atoms. The maximum absolute atomic E-state index is 5.58. The first kappa shape index (κ1) is 10.4. The van der Waals surface area contributed by atoms with Gasteiger partial charge in [0, 0.05) is 22.0 Å². The second-order valence-electron chi connectivity index (χ2n) is 3.66. The quantitative estimate of drug-likeness (QED) is 0.862. The number of aryl methyl sites for hydroxylation is 2. The summed E-state index contributed by atoms with van der Waals surface area (Å²) in [5.41, 5.74) is 7.85. The van der Waals surface area contributed by atoms with E-state index in [4.69, 9.17) is 5.73 Å². The van der Waals surface area contributed by atoms with Gasteiger partial charge in [0.05, 0.1) is 12.2 Å². The fourth-order valence-corrected chi connectivity index (χ4v) is 2.48. The Kier molecular flexibility index (Phi) is 2.88. The molecule has 80 valence electrons. The molecule has 0 spiro atoms. The molecule has 0 aromatic carbocycles. The van der Waals surface area contributed by atoms with Crippen molar-refractivity contribution in [3.8, 4) is 0 Å². The van der Waals surface area contributed by atoms with Crippen LogP contribution in [0.3, 0.4) is 0 Å². The molecule has 0 aliphatic rings. The molecule has 4 heteroatoms. The molecule has 2 aromatic heterocycles. The van der Waals surface area contributed by atoms with E-state index in [1.54, 1.807) is 11.3 Å². The standard InChI is InChI=1S/C11H15N3S/c1-8-5-9(2)14(13-8)7-11-4-3-10(6-12)15-11/h3-5H,6-7,12H2,1-2H3. The van der Waals surface area contributed by atoms with E-state index >= 15 is 0 Å². The third kappa shape index (κ3) is 2.27. The van der Waals surface area contributed by atoms with Gasteiger partial charge < -0.3 is 5.73 Å². The van der Waals surface area contributed by atoms with Crippen LogP contribution in [-0.2, 0) is 13.1 Å². The maximum Gasteiger partial charge on any atom is 0.0755 e. The van der Waals surface area contributed by atoms with Gasteiger partial charge in [-0.3, -0.25) is 4.68 Å². The maximum atomic E-state index is 5.58. The number of hydrogen-bond acceptors (Lipinski definition) is 3. The minimum absolute atomic E-state index is 0.627. The molecule has 0 radical (unpaired) electrons. The van der Waals surface area contributed by atoms with Gasteiger partial charge in [0.15, 0.2) is 0 Å².